The average Bonchev–Trinajstić information content (AvgIpc) is 3.12. The molecule has 0 bridgehead atoms. The lowest BCUT2D eigenvalue weighted by molar-refractivity contribution is 0.160. The maximum atomic E-state index is 11.8. The van der Waals surface area contributed by atoms with Crippen LogP contribution in [-0.2, 0) is 4.74 Å². The maximum absolute atomic E-state index is 11.8. The number of nitrogens with one attached hydrogen (secondary N) is 1. The fourth-order valence-electron chi connectivity index (χ4n) is 2.38. The summed E-state index contributed by atoms with van der Waals surface area (Å²) >= 11 is 7.79. The molecule has 0 fully saturated rings. The maximum Gasteiger partial charge on any atom is 0.411 e. The van der Waals surface area contributed by atoms with Gasteiger partial charge in [0.2, 0.25) is 0 Å². The normalized spacial score (nSPS) is 10.5. The Morgan fingerprint density at radius 1 is 1.23 bits per heavy atom. The number of unbranched alkanes of at least 4 members (excludes halogenated alkanes) is 1. The second kappa shape index (κ2) is 8.83. The summed E-state index contributed by atoms with van der Waals surface area (Å²) in [7, 11) is 0. The Morgan fingerprint density at radius 3 is 2.88 bits per heavy atom. The average molecular weight is 387 g/mol. The highest BCUT2D eigenvalue weighted by Gasteiger charge is 2.10. The van der Waals surface area contributed by atoms with Gasteiger partial charge in [0.25, 0.3) is 0 Å². The van der Waals surface area contributed by atoms with E-state index in [1.165, 1.54) is 11.3 Å². The SMILES string of the molecule is CCCCOC(=O)Nc1cccc(-c2csc(-c3ccccc3Cl)n2)c1. The molecule has 0 saturated heterocycles. The number of benzene rings is 2. The molecule has 1 amide bonds. The fraction of sp³-hybridized carbons (Fsp3) is 0.200. The molecule has 0 saturated carbocycles. The van der Waals surface area contributed by atoms with E-state index in [0.717, 1.165) is 34.7 Å². The third-order valence-electron chi connectivity index (χ3n) is 3.74. The zero-order valence-corrected chi connectivity index (χ0v) is 15.9. The summed E-state index contributed by atoms with van der Waals surface area (Å²) in [6.45, 7) is 2.48. The molecular formula is C20H19ClN2O2S. The smallest absolute Gasteiger partial charge is 0.411 e. The second-order valence-electron chi connectivity index (χ2n) is 5.71. The number of aromatic nitrogens is 1. The Balaban J connectivity index is 1.75. The molecular weight excluding hydrogens is 368 g/mol. The highest BCUT2D eigenvalue weighted by molar-refractivity contribution is 7.13. The number of halogens is 1. The van der Waals surface area contributed by atoms with Gasteiger partial charge in [-0.2, -0.15) is 0 Å². The molecule has 0 aliphatic heterocycles. The van der Waals surface area contributed by atoms with Crippen LogP contribution in [0.1, 0.15) is 19.8 Å². The number of amides is 1. The van der Waals surface area contributed by atoms with Gasteiger partial charge in [0.15, 0.2) is 0 Å². The van der Waals surface area contributed by atoms with E-state index >= 15 is 0 Å². The van der Waals surface area contributed by atoms with Crippen LogP contribution in [0.4, 0.5) is 10.5 Å². The van der Waals surface area contributed by atoms with Crippen molar-refractivity contribution in [2.45, 2.75) is 19.8 Å². The molecule has 134 valence electrons. The summed E-state index contributed by atoms with van der Waals surface area (Å²) in [6.07, 6.45) is 1.41. The first-order valence-corrected chi connectivity index (χ1v) is 9.68. The van der Waals surface area contributed by atoms with E-state index in [0.29, 0.717) is 17.3 Å². The number of hydrogen-bond acceptors (Lipinski definition) is 4. The molecule has 6 heteroatoms. The summed E-state index contributed by atoms with van der Waals surface area (Å²) in [6, 6.07) is 15.2. The number of hydrogen-bond donors (Lipinski definition) is 1. The van der Waals surface area contributed by atoms with Crippen LogP contribution in [0.2, 0.25) is 5.02 Å². The van der Waals surface area contributed by atoms with E-state index in [9.17, 15) is 4.79 Å². The number of carbonyl (C=O) groups excluding carboxylic acids is 1. The van der Waals surface area contributed by atoms with Crippen LogP contribution in [0.15, 0.2) is 53.9 Å². The number of ether oxygens (including phenoxy) is 1. The van der Waals surface area contributed by atoms with Crippen molar-refractivity contribution >= 4 is 34.7 Å². The van der Waals surface area contributed by atoms with Gasteiger partial charge in [0, 0.05) is 22.2 Å². The van der Waals surface area contributed by atoms with Crippen molar-refractivity contribution < 1.29 is 9.53 Å². The Labute approximate surface area is 161 Å². The van der Waals surface area contributed by atoms with E-state index in [-0.39, 0.29) is 0 Å². The highest BCUT2D eigenvalue weighted by Crippen LogP contribution is 2.33. The van der Waals surface area contributed by atoms with Gasteiger partial charge in [-0.15, -0.1) is 11.3 Å². The first-order chi connectivity index (χ1) is 12.7. The van der Waals surface area contributed by atoms with Gasteiger partial charge in [-0.1, -0.05) is 55.3 Å². The third-order valence-corrected chi connectivity index (χ3v) is 4.95. The molecule has 1 N–H and O–H groups in total. The van der Waals surface area contributed by atoms with Gasteiger partial charge >= 0.3 is 6.09 Å². The zero-order valence-electron chi connectivity index (χ0n) is 14.4. The Hall–Kier alpha value is -2.37. The van der Waals surface area contributed by atoms with Gasteiger partial charge in [0.1, 0.15) is 5.01 Å². The number of nitrogens with zero attached hydrogens (tertiary/aromatic N) is 1. The Morgan fingerprint density at radius 2 is 2.08 bits per heavy atom. The van der Waals surface area contributed by atoms with Gasteiger partial charge in [-0.3, -0.25) is 5.32 Å². The molecule has 0 aliphatic rings. The second-order valence-corrected chi connectivity index (χ2v) is 6.98. The number of carbonyl (C=O) groups is 1. The third kappa shape index (κ3) is 4.62. The topological polar surface area (TPSA) is 51.2 Å². The van der Waals surface area contributed by atoms with Crippen LogP contribution in [0.25, 0.3) is 21.8 Å². The van der Waals surface area contributed by atoms with E-state index < -0.39 is 6.09 Å². The van der Waals surface area contributed by atoms with Crippen molar-refractivity contribution in [2.24, 2.45) is 0 Å². The van der Waals surface area contributed by atoms with Crippen molar-refractivity contribution in [2.75, 3.05) is 11.9 Å². The minimum atomic E-state index is -0.439. The molecule has 0 radical (unpaired) electrons. The minimum absolute atomic E-state index is 0.426. The molecule has 1 heterocycles. The Kier molecular flexibility index (Phi) is 6.26. The quantitative estimate of drug-likeness (QED) is 0.493. The summed E-state index contributed by atoms with van der Waals surface area (Å²) in [4.78, 5) is 16.5. The molecule has 3 aromatic rings. The predicted octanol–water partition coefficient (Wildman–Crippen LogP) is 6.48. The van der Waals surface area contributed by atoms with Gasteiger partial charge in [-0.05, 0) is 24.6 Å². The molecule has 4 nitrogen and oxygen atoms in total. The highest BCUT2D eigenvalue weighted by atomic mass is 35.5. The summed E-state index contributed by atoms with van der Waals surface area (Å²) < 4.78 is 5.13. The molecule has 26 heavy (non-hydrogen) atoms. The first kappa shape index (κ1) is 18.4. The molecule has 0 atom stereocenters. The lowest BCUT2D eigenvalue weighted by Crippen LogP contribution is -2.14. The van der Waals surface area contributed by atoms with Gasteiger partial charge in [0.05, 0.1) is 17.3 Å². The summed E-state index contributed by atoms with van der Waals surface area (Å²) in [5.74, 6) is 0. The van der Waals surface area contributed by atoms with Crippen LogP contribution >= 0.6 is 22.9 Å². The molecule has 3 rings (SSSR count). The van der Waals surface area contributed by atoms with Crippen LogP contribution in [0.5, 0.6) is 0 Å². The van der Waals surface area contributed by atoms with Crippen LogP contribution in [0, 0.1) is 0 Å². The summed E-state index contributed by atoms with van der Waals surface area (Å²) in [5, 5.41) is 6.28. The number of rotatable bonds is 6. The van der Waals surface area contributed by atoms with Crippen LogP contribution < -0.4 is 5.32 Å². The minimum Gasteiger partial charge on any atom is -0.449 e. The van der Waals surface area contributed by atoms with Crippen molar-refractivity contribution in [1.29, 1.82) is 0 Å². The molecule has 2 aromatic carbocycles. The number of anilines is 1. The van der Waals surface area contributed by atoms with E-state index in [1.807, 2.05) is 53.9 Å². The molecule has 0 aliphatic carbocycles. The van der Waals surface area contributed by atoms with Crippen molar-refractivity contribution in [1.82, 2.24) is 4.98 Å². The van der Waals surface area contributed by atoms with E-state index in [2.05, 4.69) is 17.2 Å². The van der Waals surface area contributed by atoms with E-state index in [1.54, 1.807) is 0 Å². The lowest BCUT2D eigenvalue weighted by Gasteiger charge is -2.07. The van der Waals surface area contributed by atoms with Crippen molar-refractivity contribution in [3.05, 3.63) is 58.9 Å². The lowest BCUT2D eigenvalue weighted by atomic mass is 10.1. The van der Waals surface area contributed by atoms with Crippen LogP contribution in [0.3, 0.4) is 0 Å². The van der Waals surface area contributed by atoms with Gasteiger partial charge in [-0.25, -0.2) is 9.78 Å². The Bertz CT molecular complexity index is 895. The standard InChI is InChI=1S/C20H19ClN2O2S/c1-2-3-11-25-20(24)22-15-8-6-7-14(12-15)18-13-26-19(23-18)16-9-4-5-10-17(16)21/h4-10,12-13H,2-3,11H2,1H3,(H,22,24). The number of thiazole rings is 1. The molecule has 0 spiro atoms. The van der Waals surface area contributed by atoms with Crippen LogP contribution in [-0.4, -0.2) is 17.7 Å². The first-order valence-electron chi connectivity index (χ1n) is 8.42. The monoisotopic (exact) mass is 386 g/mol. The van der Waals surface area contributed by atoms with Crippen molar-refractivity contribution in [3.63, 3.8) is 0 Å². The fourth-order valence-corrected chi connectivity index (χ4v) is 3.53. The van der Waals surface area contributed by atoms with Gasteiger partial charge < -0.3 is 4.74 Å². The zero-order chi connectivity index (χ0) is 18.4. The molecule has 0 unspecified atom stereocenters. The summed E-state index contributed by atoms with van der Waals surface area (Å²) in [5.41, 5.74) is 3.36. The molecule has 1 aromatic heterocycles. The largest absolute Gasteiger partial charge is 0.449 e. The predicted molar refractivity (Wildman–Crippen MR) is 108 cm³/mol. The van der Waals surface area contributed by atoms with Crippen molar-refractivity contribution in [3.8, 4) is 21.8 Å². The van der Waals surface area contributed by atoms with E-state index in [4.69, 9.17) is 16.3 Å².